The number of rotatable bonds is 32. The van der Waals surface area contributed by atoms with Gasteiger partial charge in [0.2, 0.25) is 0 Å². The van der Waals surface area contributed by atoms with Crippen LogP contribution in [0.1, 0.15) is 217 Å². The van der Waals surface area contributed by atoms with Gasteiger partial charge in [-0.05, 0) is 25.0 Å². The molecule has 0 saturated carbocycles. The van der Waals surface area contributed by atoms with Crippen LogP contribution >= 0.6 is 0 Å². The van der Waals surface area contributed by atoms with Crippen molar-refractivity contribution in [2.75, 3.05) is 13.2 Å². The lowest BCUT2D eigenvalue weighted by molar-refractivity contribution is -0.0796. The van der Waals surface area contributed by atoms with Crippen molar-refractivity contribution in [1.82, 2.24) is 0 Å². The molecule has 2 aromatic rings. The van der Waals surface area contributed by atoms with Gasteiger partial charge in [-0.1, -0.05) is 217 Å². The van der Waals surface area contributed by atoms with E-state index in [4.69, 9.17) is 9.47 Å². The van der Waals surface area contributed by atoms with E-state index in [0.29, 0.717) is 0 Å². The van der Waals surface area contributed by atoms with Crippen LogP contribution in [0.3, 0.4) is 0 Å². The molecule has 4 heteroatoms. The summed E-state index contributed by atoms with van der Waals surface area (Å²) in [5, 5.41) is 9.32. The highest BCUT2D eigenvalue weighted by atomic mass is 16.5. The highest BCUT2D eigenvalue weighted by Crippen LogP contribution is 2.45. The molecule has 0 N–H and O–H groups in total. The molecular weight excluding hydrogens is 613 g/mol. The molecule has 282 valence electrons. The number of hydrogen-bond acceptors (Lipinski definition) is 4. The van der Waals surface area contributed by atoms with Crippen molar-refractivity contribution >= 4 is 11.4 Å². The lowest BCUT2D eigenvalue weighted by Gasteiger charge is -2.31. The van der Waals surface area contributed by atoms with Gasteiger partial charge in [0.25, 0.3) is 0 Å². The minimum Gasteiger partial charge on any atom is -0.370 e. The maximum absolute atomic E-state index is 6.77. The number of hydrogen-bond donors (Lipinski definition) is 0. The minimum absolute atomic E-state index is 0.194. The van der Waals surface area contributed by atoms with Crippen LogP contribution in [0.2, 0.25) is 0 Å². The highest BCUT2D eigenvalue weighted by molar-refractivity contribution is 5.54. The van der Waals surface area contributed by atoms with E-state index in [-0.39, 0.29) is 12.2 Å². The van der Waals surface area contributed by atoms with Crippen LogP contribution in [-0.2, 0) is 9.47 Å². The first-order valence-corrected chi connectivity index (χ1v) is 21.7. The van der Waals surface area contributed by atoms with Crippen molar-refractivity contribution in [3.05, 3.63) is 59.7 Å². The predicted molar refractivity (Wildman–Crippen MR) is 215 cm³/mol. The number of fused-ring (bicyclic) bond motifs is 2. The summed E-state index contributed by atoms with van der Waals surface area (Å²) < 4.78 is 13.5. The molecule has 0 unspecified atom stereocenters. The van der Waals surface area contributed by atoms with Gasteiger partial charge in [-0.3, -0.25) is 0 Å². The fraction of sp³-hybridized carbons (Fsp3) is 0.739. The Kier molecular flexibility index (Phi) is 25.0. The molecular formula is C46H76N2O2. The van der Waals surface area contributed by atoms with Crippen molar-refractivity contribution in [2.24, 2.45) is 10.2 Å². The third kappa shape index (κ3) is 18.5. The Hall–Kier alpha value is -2.04. The molecule has 3 rings (SSSR count). The zero-order valence-electron chi connectivity index (χ0n) is 32.7. The third-order valence-electron chi connectivity index (χ3n) is 10.6. The van der Waals surface area contributed by atoms with Crippen LogP contribution in [-0.4, -0.2) is 13.2 Å². The average Bonchev–Trinajstić information content (AvgIpc) is 3.14. The normalized spacial score (nSPS) is 15.5. The van der Waals surface area contributed by atoms with Gasteiger partial charge in [0.05, 0.1) is 11.4 Å². The number of unbranched alkanes of at least 4 members (excludes halogenated alkanes) is 26. The molecule has 2 aromatic carbocycles. The molecule has 0 saturated heterocycles. The summed E-state index contributed by atoms with van der Waals surface area (Å²) in [6.07, 6.45) is 37.8. The molecule has 50 heavy (non-hydrogen) atoms. The third-order valence-corrected chi connectivity index (χ3v) is 10.6. The maximum atomic E-state index is 6.77. The first-order valence-electron chi connectivity index (χ1n) is 21.7. The molecule has 1 heterocycles. The predicted octanol–water partition coefficient (Wildman–Crippen LogP) is 16.2. The number of azo groups is 1. The molecule has 1 aliphatic heterocycles. The maximum Gasteiger partial charge on any atom is 0.115 e. The molecule has 0 spiro atoms. The second-order valence-corrected chi connectivity index (χ2v) is 15.1. The van der Waals surface area contributed by atoms with E-state index in [0.717, 1.165) is 48.6 Å². The topological polar surface area (TPSA) is 43.2 Å². The van der Waals surface area contributed by atoms with Gasteiger partial charge in [0, 0.05) is 24.3 Å². The molecule has 0 bridgehead atoms. The highest BCUT2D eigenvalue weighted by Gasteiger charge is 2.31. The van der Waals surface area contributed by atoms with Crippen LogP contribution in [0.5, 0.6) is 0 Å². The van der Waals surface area contributed by atoms with Crippen molar-refractivity contribution in [1.29, 1.82) is 0 Å². The van der Waals surface area contributed by atoms with Crippen LogP contribution < -0.4 is 0 Å². The van der Waals surface area contributed by atoms with Crippen LogP contribution in [0.25, 0.3) is 0 Å². The Balaban J connectivity index is 1.37. The number of ether oxygens (including phenoxy) is 2. The lowest BCUT2D eigenvalue weighted by Crippen LogP contribution is -2.20. The minimum atomic E-state index is -0.194. The van der Waals surface area contributed by atoms with Crippen LogP contribution in [0.15, 0.2) is 58.8 Å². The molecule has 2 atom stereocenters. The summed E-state index contributed by atoms with van der Waals surface area (Å²) in [7, 11) is 0. The van der Waals surface area contributed by atoms with Gasteiger partial charge in [0.1, 0.15) is 12.2 Å². The second kappa shape index (κ2) is 29.5. The molecule has 0 aromatic heterocycles. The molecule has 0 aliphatic carbocycles. The monoisotopic (exact) mass is 689 g/mol. The largest absolute Gasteiger partial charge is 0.370 e. The molecule has 4 nitrogen and oxygen atoms in total. The van der Waals surface area contributed by atoms with Gasteiger partial charge >= 0.3 is 0 Å². The first-order chi connectivity index (χ1) is 24.8. The van der Waals surface area contributed by atoms with E-state index in [1.165, 1.54) is 167 Å². The van der Waals surface area contributed by atoms with Gasteiger partial charge < -0.3 is 9.47 Å². The Morgan fingerprint density at radius 2 is 0.620 bits per heavy atom. The van der Waals surface area contributed by atoms with Gasteiger partial charge in [-0.25, -0.2) is 0 Å². The Morgan fingerprint density at radius 3 is 0.920 bits per heavy atom. The molecule has 0 amide bonds. The van der Waals surface area contributed by atoms with Crippen molar-refractivity contribution < 1.29 is 9.47 Å². The van der Waals surface area contributed by atoms with Crippen molar-refractivity contribution in [3.63, 3.8) is 0 Å². The van der Waals surface area contributed by atoms with E-state index < -0.39 is 0 Å². The number of nitrogens with zero attached hydrogens (tertiary/aromatic N) is 2. The summed E-state index contributed by atoms with van der Waals surface area (Å²) in [4.78, 5) is 0. The van der Waals surface area contributed by atoms with E-state index in [2.05, 4.69) is 60.5 Å². The zero-order chi connectivity index (χ0) is 35.2. The lowest BCUT2D eigenvalue weighted by atomic mass is 9.94. The van der Waals surface area contributed by atoms with Crippen molar-refractivity contribution in [3.8, 4) is 0 Å². The average molecular weight is 689 g/mol. The van der Waals surface area contributed by atoms with Gasteiger partial charge in [-0.2, -0.15) is 10.2 Å². The van der Waals surface area contributed by atoms with E-state index in [9.17, 15) is 0 Å². The second-order valence-electron chi connectivity index (χ2n) is 15.1. The first kappa shape index (κ1) is 42.4. The summed E-state index contributed by atoms with van der Waals surface area (Å²) in [5.41, 5.74) is 3.94. The SMILES string of the molecule is CCCCCCCCCCCCCCCCO[C@@H]1c2ccccc2N=Nc2ccccc2[C@@H]1OCCCCCCCCCCCCCCCC. The molecule has 1 aliphatic rings. The quantitative estimate of drug-likeness (QED) is 0.0718. The van der Waals surface area contributed by atoms with E-state index in [1.807, 2.05) is 12.1 Å². The Labute approximate surface area is 309 Å². The molecule has 0 fully saturated rings. The fourth-order valence-electron chi connectivity index (χ4n) is 7.44. The van der Waals surface area contributed by atoms with Crippen LogP contribution in [0.4, 0.5) is 11.4 Å². The summed E-state index contributed by atoms with van der Waals surface area (Å²) in [5.74, 6) is 0. The Morgan fingerprint density at radius 1 is 0.360 bits per heavy atom. The summed E-state index contributed by atoms with van der Waals surface area (Å²) >= 11 is 0. The van der Waals surface area contributed by atoms with Crippen LogP contribution in [0, 0.1) is 0 Å². The standard InChI is InChI=1S/C46H76N2O2/c1-3-5-7-9-11-13-15-17-19-21-23-25-27-33-39-49-45-41-35-29-31-37-43(41)47-48-44-38-32-30-36-42(44)46(45)50-40-34-28-26-24-22-20-18-16-14-12-10-8-6-4-2/h29-32,35-38,45-46H,3-28,33-34,39-40H2,1-2H3/t45-,46+. The fourth-order valence-corrected chi connectivity index (χ4v) is 7.44. The number of benzene rings is 2. The Bertz CT molecular complexity index is 1020. The summed E-state index contributed by atoms with van der Waals surface area (Å²) in [6.45, 7) is 6.08. The van der Waals surface area contributed by atoms with Gasteiger partial charge in [-0.15, -0.1) is 0 Å². The van der Waals surface area contributed by atoms with Crippen molar-refractivity contribution in [2.45, 2.75) is 206 Å². The zero-order valence-corrected chi connectivity index (χ0v) is 32.7. The smallest absolute Gasteiger partial charge is 0.115 e. The van der Waals surface area contributed by atoms with E-state index in [1.54, 1.807) is 0 Å². The van der Waals surface area contributed by atoms with E-state index >= 15 is 0 Å². The summed E-state index contributed by atoms with van der Waals surface area (Å²) in [6, 6.07) is 16.7. The van der Waals surface area contributed by atoms with Gasteiger partial charge in [0.15, 0.2) is 0 Å². The molecule has 0 radical (unpaired) electrons.